The highest BCUT2D eigenvalue weighted by Gasteiger charge is 2.18. The second kappa shape index (κ2) is 5.98. The number of ketones is 1. The number of ether oxygens (including phenoxy) is 1. The number of hydrogen-bond donors (Lipinski definition) is 0. The molecule has 2 rings (SSSR count). The van der Waals surface area contributed by atoms with Crippen molar-refractivity contribution in [3.8, 4) is 5.75 Å². The molecular weight excluding hydrogens is 231 g/mol. The maximum Gasteiger partial charge on any atom is 0.165 e. The molecule has 1 aromatic carbocycles. The lowest BCUT2D eigenvalue weighted by Gasteiger charge is -2.13. The number of carbonyl (C=O) groups excluding carboxylic acids is 1. The van der Waals surface area contributed by atoms with E-state index in [1.807, 2.05) is 6.07 Å². The predicted octanol–water partition coefficient (Wildman–Crippen LogP) is 3.53. The van der Waals surface area contributed by atoms with E-state index in [0.29, 0.717) is 24.5 Å². The summed E-state index contributed by atoms with van der Waals surface area (Å²) < 4.78 is 18.5. The third-order valence-corrected chi connectivity index (χ3v) is 3.57. The van der Waals surface area contributed by atoms with E-state index in [1.54, 1.807) is 6.07 Å². The molecule has 1 fully saturated rings. The third-order valence-electron chi connectivity index (χ3n) is 3.57. The molecule has 0 saturated heterocycles. The number of rotatable bonds is 3. The average Bonchev–Trinajstić information content (AvgIpc) is 2.54. The van der Waals surface area contributed by atoms with Crippen LogP contribution in [0.25, 0.3) is 0 Å². The molecule has 1 saturated carbocycles. The lowest BCUT2D eigenvalue weighted by Crippen LogP contribution is -2.08. The molecule has 0 amide bonds. The minimum atomic E-state index is -0.324. The zero-order valence-electron chi connectivity index (χ0n) is 10.7. The zero-order chi connectivity index (χ0) is 13.0. The largest absolute Gasteiger partial charge is 0.494 e. The summed E-state index contributed by atoms with van der Waals surface area (Å²) in [6, 6.07) is 5.06. The van der Waals surface area contributed by atoms with Gasteiger partial charge in [-0.15, -0.1) is 0 Å². The first kappa shape index (κ1) is 13.1. The normalized spacial score (nSPS) is 20.6. The molecule has 0 heterocycles. The highest BCUT2D eigenvalue weighted by atomic mass is 19.1. The summed E-state index contributed by atoms with van der Waals surface area (Å²) in [4.78, 5) is 11.6. The minimum absolute atomic E-state index is 0.274. The molecule has 0 radical (unpaired) electrons. The average molecular weight is 250 g/mol. The second-order valence-electron chi connectivity index (χ2n) is 5.03. The van der Waals surface area contributed by atoms with E-state index in [0.717, 1.165) is 31.2 Å². The van der Waals surface area contributed by atoms with E-state index >= 15 is 0 Å². The van der Waals surface area contributed by atoms with Gasteiger partial charge in [-0.25, -0.2) is 4.39 Å². The van der Waals surface area contributed by atoms with Gasteiger partial charge in [-0.05, 0) is 42.9 Å². The van der Waals surface area contributed by atoms with Crippen molar-refractivity contribution in [2.75, 3.05) is 7.11 Å². The molecule has 0 aliphatic heterocycles. The minimum Gasteiger partial charge on any atom is -0.494 e. The zero-order valence-corrected chi connectivity index (χ0v) is 10.7. The smallest absolute Gasteiger partial charge is 0.165 e. The monoisotopic (exact) mass is 250 g/mol. The number of benzene rings is 1. The number of carbonyl (C=O) groups is 1. The molecule has 0 N–H and O–H groups in total. The maximum absolute atomic E-state index is 13.6. The van der Waals surface area contributed by atoms with Crippen molar-refractivity contribution in [2.45, 2.75) is 38.5 Å². The van der Waals surface area contributed by atoms with Crippen molar-refractivity contribution in [3.05, 3.63) is 29.6 Å². The van der Waals surface area contributed by atoms with Crippen LogP contribution >= 0.6 is 0 Å². The van der Waals surface area contributed by atoms with E-state index in [9.17, 15) is 9.18 Å². The number of methoxy groups -OCH3 is 1. The molecule has 1 aliphatic carbocycles. The fourth-order valence-corrected chi connectivity index (χ4v) is 2.63. The second-order valence-corrected chi connectivity index (χ2v) is 5.03. The highest BCUT2D eigenvalue weighted by Crippen LogP contribution is 2.26. The summed E-state index contributed by atoms with van der Waals surface area (Å²) in [7, 11) is 1.46. The van der Waals surface area contributed by atoms with Crippen molar-refractivity contribution >= 4 is 5.78 Å². The Bertz CT molecular complexity index is 429. The molecular formula is C15H19FO2. The Labute approximate surface area is 107 Å². The molecule has 18 heavy (non-hydrogen) atoms. The van der Waals surface area contributed by atoms with Crippen LogP contribution in [0.2, 0.25) is 0 Å². The SMILES string of the molecule is COc1ccc(CC2CCCCC(=O)C2)cc1F. The van der Waals surface area contributed by atoms with Gasteiger partial charge in [0.05, 0.1) is 7.11 Å². The van der Waals surface area contributed by atoms with Crippen molar-refractivity contribution < 1.29 is 13.9 Å². The molecule has 98 valence electrons. The molecule has 3 heteroatoms. The summed E-state index contributed by atoms with van der Waals surface area (Å²) in [5.41, 5.74) is 0.952. The van der Waals surface area contributed by atoms with Crippen LogP contribution in [0.5, 0.6) is 5.75 Å². The fraction of sp³-hybridized carbons (Fsp3) is 0.533. The van der Waals surface area contributed by atoms with Crippen molar-refractivity contribution in [1.29, 1.82) is 0 Å². The molecule has 2 nitrogen and oxygen atoms in total. The van der Waals surface area contributed by atoms with Crippen molar-refractivity contribution in [1.82, 2.24) is 0 Å². The van der Waals surface area contributed by atoms with Gasteiger partial charge in [-0.2, -0.15) is 0 Å². The number of hydrogen-bond acceptors (Lipinski definition) is 2. The Morgan fingerprint density at radius 1 is 1.39 bits per heavy atom. The standard InChI is InChI=1S/C15H19FO2/c1-18-15-7-6-12(10-14(15)16)8-11-4-2-3-5-13(17)9-11/h6-7,10-11H,2-5,8-9H2,1H3. The van der Waals surface area contributed by atoms with Crippen LogP contribution in [0, 0.1) is 11.7 Å². The molecule has 1 aliphatic rings. The van der Waals surface area contributed by atoms with Gasteiger partial charge in [-0.3, -0.25) is 4.79 Å². The van der Waals surface area contributed by atoms with Crippen LogP contribution in [0.1, 0.15) is 37.7 Å². The molecule has 0 spiro atoms. The molecule has 1 unspecified atom stereocenters. The van der Waals surface area contributed by atoms with E-state index in [-0.39, 0.29) is 11.6 Å². The van der Waals surface area contributed by atoms with E-state index in [1.165, 1.54) is 13.2 Å². The van der Waals surface area contributed by atoms with Crippen LogP contribution in [0.3, 0.4) is 0 Å². The summed E-state index contributed by atoms with van der Waals surface area (Å²) >= 11 is 0. The third kappa shape index (κ3) is 3.31. The van der Waals surface area contributed by atoms with Crippen LogP contribution in [-0.4, -0.2) is 12.9 Å². The predicted molar refractivity (Wildman–Crippen MR) is 68.2 cm³/mol. The Hall–Kier alpha value is -1.38. The lowest BCUT2D eigenvalue weighted by molar-refractivity contribution is -0.119. The Kier molecular flexibility index (Phi) is 4.34. The van der Waals surface area contributed by atoms with Gasteiger partial charge in [0.1, 0.15) is 5.78 Å². The van der Waals surface area contributed by atoms with Gasteiger partial charge in [0, 0.05) is 12.8 Å². The van der Waals surface area contributed by atoms with Gasteiger partial charge in [0.15, 0.2) is 11.6 Å². The van der Waals surface area contributed by atoms with E-state index in [2.05, 4.69) is 0 Å². The van der Waals surface area contributed by atoms with E-state index in [4.69, 9.17) is 4.74 Å². The first-order valence-electron chi connectivity index (χ1n) is 6.53. The summed E-state index contributed by atoms with van der Waals surface area (Å²) in [5, 5.41) is 0. The van der Waals surface area contributed by atoms with Gasteiger partial charge < -0.3 is 4.74 Å². The maximum atomic E-state index is 13.6. The van der Waals surface area contributed by atoms with E-state index < -0.39 is 0 Å². The van der Waals surface area contributed by atoms with Crippen LogP contribution in [0.4, 0.5) is 4.39 Å². The van der Waals surface area contributed by atoms with Gasteiger partial charge >= 0.3 is 0 Å². The van der Waals surface area contributed by atoms with Crippen LogP contribution in [0.15, 0.2) is 18.2 Å². The summed E-state index contributed by atoms with van der Waals surface area (Å²) in [6.07, 6.45) is 5.33. The fourth-order valence-electron chi connectivity index (χ4n) is 2.63. The summed E-state index contributed by atoms with van der Waals surface area (Å²) in [6.45, 7) is 0. The molecule has 0 bridgehead atoms. The first-order valence-corrected chi connectivity index (χ1v) is 6.53. The van der Waals surface area contributed by atoms with Crippen molar-refractivity contribution in [3.63, 3.8) is 0 Å². The Morgan fingerprint density at radius 2 is 2.22 bits per heavy atom. The number of halogens is 1. The first-order chi connectivity index (χ1) is 8.69. The molecule has 1 atom stereocenters. The quantitative estimate of drug-likeness (QED) is 0.767. The lowest BCUT2D eigenvalue weighted by atomic mass is 9.92. The number of Topliss-reactive ketones (excluding diaryl/α,β-unsaturated/α-hetero) is 1. The van der Waals surface area contributed by atoms with Gasteiger partial charge in [-0.1, -0.05) is 12.5 Å². The Morgan fingerprint density at radius 3 is 2.94 bits per heavy atom. The van der Waals surface area contributed by atoms with Crippen molar-refractivity contribution in [2.24, 2.45) is 5.92 Å². The summed E-state index contributed by atoms with van der Waals surface area (Å²) in [5.74, 6) is 0.671. The van der Waals surface area contributed by atoms with Gasteiger partial charge in [0.25, 0.3) is 0 Å². The van der Waals surface area contributed by atoms with Gasteiger partial charge in [0.2, 0.25) is 0 Å². The Balaban J connectivity index is 2.04. The van der Waals surface area contributed by atoms with Crippen LogP contribution < -0.4 is 4.74 Å². The topological polar surface area (TPSA) is 26.3 Å². The highest BCUT2D eigenvalue weighted by molar-refractivity contribution is 5.78. The molecule has 0 aromatic heterocycles. The molecule has 1 aromatic rings. The van der Waals surface area contributed by atoms with Crippen LogP contribution in [-0.2, 0) is 11.2 Å².